The second kappa shape index (κ2) is 10.5. The third kappa shape index (κ3) is 4.79. The van der Waals surface area contributed by atoms with Crippen molar-refractivity contribution in [2.24, 2.45) is 0 Å². The van der Waals surface area contributed by atoms with Gasteiger partial charge in [0.1, 0.15) is 16.9 Å². The number of imide groups is 4. The van der Waals surface area contributed by atoms with Crippen LogP contribution in [0.2, 0.25) is 0 Å². The van der Waals surface area contributed by atoms with Gasteiger partial charge in [-0.05, 0) is 36.4 Å². The zero-order chi connectivity index (χ0) is 29.7. The smallest absolute Gasteiger partial charge is 0.333 e. The van der Waals surface area contributed by atoms with Gasteiger partial charge in [0, 0.05) is 58.6 Å². The number of carbonyl (C=O) groups is 6. The van der Waals surface area contributed by atoms with Gasteiger partial charge in [-0.15, -0.1) is 34.0 Å². The van der Waals surface area contributed by atoms with E-state index < -0.39 is 35.7 Å². The Hall–Kier alpha value is -4.40. The number of barbiturate groups is 2. The topological polar surface area (TPSA) is 125 Å². The second-order valence-corrected chi connectivity index (χ2v) is 12.3. The summed E-state index contributed by atoms with van der Waals surface area (Å²) >= 11 is 4.22. The van der Waals surface area contributed by atoms with E-state index >= 15 is 0 Å². The number of urea groups is 2. The molecule has 0 N–H and O–H groups in total. The summed E-state index contributed by atoms with van der Waals surface area (Å²) in [6, 6.07) is 7.85. The number of carbonyl (C=O) groups excluding carboxylic acids is 6. The van der Waals surface area contributed by atoms with E-state index in [1.807, 2.05) is 18.2 Å². The number of amides is 8. The summed E-state index contributed by atoms with van der Waals surface area (Å²) in [7, 11) is 6.88. The van der Waals surface area contributed by atoms with Crippen LogP contribution in [0.4, 0.5) is 9.59 Å². The van der Waals surface area contributed by atoms with E-state index in [1.165, 1.54) is 74.4 Å². The number of hydrogen-bond donors (Lipinski definition) is 0. The molecule has 0 radical (unpaired) electrons. The molecule has 5 heterocycles. The molecule has 0 aromatic carbocycles. The van der Waals surface area contributed by atoms with E-state index in [0.717, 1.165) is 39.1 Å². The Bertz CT molecular complexity index is 1670. The molecule has 14 heteroatoms. The first-order valence-corrected chi connectivity index (χ1v) is 14.4. The van der Waals surface area contributed by atoms with Crippen LogP contribution in [0.3, 0.4) is 0 Å². The van der Waals surface area contributed by atoms with Gasteiger partial charge in [0.25, 0.3) is 23.6 Å². The molecule has 11 nitrogen and oxygen atoms in total. The number of thiophene rings is 3. The monoisotopic (exact) mass is 610 g/mol. The lowest BCUT2D eigenvalue weighted by atomic mass is 10.1. The van der Waals surface area contributed by atoms with Crippen LogP contribution in [-0.2, 0) is 19.2 Å². The fourth-order valence-electron chi connectivity index (χ4n) is 4.17. The SMILES string of the molecule is COc1cc(-c2ccc(C=C3C(=O)N(C)C(=O)N(C)C3=O)s2)sc1-c1ccc(C=C2C(=O)N(C)C(=O)N(C)C2=O)s1. The third-order valence-electron chi connectivity index (χ3n) is 6.50. The van der Waals surface area contributed by atoms with Crippen LogP contribution in [0.25, 0.3) is 31.7 Å². The van der Waals surface area contributed by atoms with Crippen molar-refractivity contribution in [3.63, 3.8) is 0 Å². The maximum absolute atomic E-state index is 12.6. The maximum Gasteiger partial charge on any atom is 0.333 e. The van der Waals surface area contributed by atoms with Crippen LogP contribution in [0.5, 0.6) is 5.75 Å². The van der Waals surface area contributed by atoms with Crippen molar-refractivity contribution >= 4 is 81.9 Å². The average Bonchev–Trinajstić information content (AvgIpc) is 3.73. The Balaban J connectivity index is 1.43. The van der Waals surface area contributed by atoms with E-state index in [2.05, 4.69) is 0 Å². The van der Waals surface area contributed by atoms with Crippen molar-refractivity contribution in [1.29, 1.82) is 0 Å². The van der Waals surface area contributed by atoms with Gasteiger partial charge in [0.2, 0.25) is 0 Å². The molecule has 0 bridgehead atoms. The minimum Gasteiger partial charge on any atom is -0.495 e. The van der Waals surface area contributed by atoms with Gasteiger partial charge < -0.3 is 4.74 Å². The van der Waals surface area contributed by atoms with Crippen LogP contribution in [0, 0.1) is 0 Å². The summed E-state index contributed by atoms with van der Waals surface area (Å²) in [5, 5.41) is 0. The highest BCUT2D eigenvalue weighted by Gasteiger charge is 2.39. The summed E-state index contributed by atoms with van der Waals surface area (Å²) in [6.07, 6.45) is 2.97. The first-order chi connectivity index (χ1) is 19.4. The molecular formula is C27H22N4O7S3. The zero-order valence-electron chi connectivity index (χ0n) is 22.4. The molecule has 210 valence electrons. The standard InChI is InChI=1S/C27H22N4O7S3/c1-28-22(32)15(23(33)29(2)26(28)36)10-13-6-8-18(39-13)20-12-17(38-5)21(41-20)19-9-7-14(40-19)11-16-24(34)30(3)27(37)31(4)25(16)35/h6-12H,1-5H3. The Morgan fingerprint density at radius 1 is 0.585 bits per heavy atom. The van der Waals surface area contributed by atoms with Crippen molar-refractivity contribution < 1.29 is 33.5 Å². The van der Waals surface area contributed by atoms with Crippen LogP contribution < -0.4 is 4.74 Å². The highest BCUT2D eigenvalue weighted by Crippen LogP contribution is 2.47. The molecule has 2 fully saturated rings. The number of methoxy groups -OCH3 is 1. The van der Waals surface area contributed by atoms with Crippen molar-refractivity contribution in [2.45, 2.75) is 0 Å². The molecule has 3 aromatic heterocycles. The molecule has 5 rings (SSSR count). The third-order valence-corrected chi connectivity index (χ3v) is 10.1. The van der Waals surface area contributed by atoms with Gasteiger partial charge >= 0.3 is 12.1 Å². The van der Waals surface area contributed by atoms with Crippen molar-refractivity contribution in [3.05, 3.63) is 51.2 Å². The summed E-state index contributed by atoms with van der Waals surface area (Å²) in [6.45, 7) is 0. The summed E-state index contributed by atoms with van der Waals surface area (Å²) in [5.74, 6) is -1.99. The molecular weight excluding hydrogens is 589 g/mol. The lowest BCUT2D eigenvalue weighted by molar-refractivity contribution is -0.135. The summed E-state index contributed by atoms with van der Waals surface area (Å²) < 4.78 is 5.63. The normalized spacial score (nSPS) is 16.4. The minimum atomic E-state index is -0.681. The van der Waals surface area contributed by atoms with E-state index in [4.69, 9.17) is 4.74 Å². The molecule has 0 atom stereocenters. The van der Waals surface area contributed by atoms with E-state index in [1.54, 1.807) is 19.2 Å². The van der Waals surface area contributed by atoms with Gasteiger partial charge in [-0.1, -0.05) is 0 Å². The molecule has 0 aliphatic carbocycles. The second-order valence-electron chi connectivity index (χ2n) is 9.05. The van der Waals surface area contributed by atoms with E-state index in [0.29, 0.717) is 15.5 Å². The first kappa shape index (κ1) is 28.1. The van der Waals surface area contributed by atoms with Crippen molar-refractivity contribution in [2.75, 3.05) is 35.3 Å². The molecule has 0 spiro atoms. The van der Waals surface area contributed by atoms with Gasteiger partial charge in [-0.3, -0.25) is 38.8 Å². The lowest BCUT2D eigenvalue weighted by Gasteiger charge is -2.28. The summed E-state index contributed by atoms with van der Waals surface area (Å²) in [4.78, 5) is 82.6. The van der Waals surface area contributed by atoms with Crippen molar-refractivity contribution in [1.82, 2.24) is 19.6 Å². The fourth-order valence-corrected chi connectivity index (χ4v) is 7.39. The molecule has 0 saturated carbocycles. The molecule has 2 saturated heterocycles. The quantitative estimate of drug-likeness (QED) is 0.315. The Morgan fingerprint density at radius 2 is 1.00 bits per heavy atom. The predicted molar refractivity (Wildman–Crippen MR) is 155 cm³/mol. The molecule has 2 aliphatic rings. The van der Waals surface area contributed by atoms with E-state index in [9.17, 15) is 28.8 Å². The summed E-state index contributed by atoms with van der Waals surface area (Å²) in [5.41, 5.74) is -0.192. The highest BCUT2D eigenvalue weighted by molar-refractivity contribution is 7.27. The Labute approximate surface area is 246 Å². The van der Waals surface area contributed by atoms with Crippen LogP contribution >= 0.6 is 34.0 Å². The average molecular weight is 611 g/mol. The van der Waals surface area contributed by atoms with Gasteiger partial charge in [-0.25, -0.2) is 9.59 Å². The zero-order valence-corrected chi connectivity index (χ0v) is 24.9. The lowest BCUT2D eigenvalue weighted by Crippen LogP contribution is -2.52. The molecule has 41 heavy (non-hydrogen) atoms. The van der Waals surface area contributed by atoms with Crippen LogP contribution in [-0.4, -0.2) is 90.6 Å². The van der Waals surface area contributed by atoms with Gasteiger partial charge in [0.15, 0.2) is 0 Å². The maximum atomic E-state index is 12.6. The number of rotatable bonds is 5. The van der Waals surface area contributed by atoms with Crippen LogP contribution in [0.1, 0.15) is 9.75 Å². The molecule has 2 aliphatic heterocycles. The van der Waals surface area contributed by atoms with E-state index in [-0.39, 0.29) is 11.1 Å². The van der Waals surface area contributed by atoms with Gasteiger partial charge in [-0.2, -0.15) is 0 Å². The van der Waals surface area contributed by atoms with Crippen LogP contribution in [0.15, 0.2) is 41.5 Å². The largest absolute Gasteiger partial charge is 0.495 e. The Kier molecular flexibility index (Phi) is 7.23. The minimum absolute atomic E-state index is 0.0932. The molecule has 0 unspecified atom stereocenters. The first-order valence-electron chi connectivity index (χ1n) is 11.9. The number of nitrogens with zero attached hydrogens (tertiary/aromatic N) is 4. The number of ether oxygens (including phenoxy) is 1. The highest BCUT2D eigenvalue weighted by atomic mass is 32.1. The molecule has 8 amide bonds. The Morgan fingerprint density at radius 3 is 1.44 bits per heavy atom. The molecule has 3 aromatic rings. The predicted octanol–water partition coefficient (Wildman–Crippen LogP) is 4.08. The van der Waals surface area contributed by atoms with Crippen molar-refractivity contribution in [3.8, 4) is 25.3 Å². The number of hydrogen-bond acceptors (Lipinski definition) is 10. The number of likely N-dealkylation sites (N-methyl/N-ethyl adjacent to an activating group) is 4. The van der Waals surface area contributed by atoms with Gasteiger partial charge in [0.05, 0.1) is 12.0 Å². The fraction of sp³-hybridized carbons (Fsp3) is 0.185.